The lowest BCUT2D eigenvalue weighted by Gasteiger charge is -2.27. The third-order valence-corrected chi connectivity index (χ3v) is 2.44. The molecular weight excluding hydrogens is 195 g/mol. The van der Waals surface area contributed by atoms with Gasteiger partial charge in [-0.1, -0.05) is 13.0 Å². The maximum atomic E-state index is 12.4. The van der Waals surface area contributed by atoms with E-state index in [1.54, 1.807) is 0 Å². The summed E-state index contributed by atoms with van der Waals surface area (Å²) in [5.41, 5.74) is -0.576. The lowest BCUT2D eigenvalue weighted by molar-refractivity contribution is -0.100. The van der Waals surface area contributed by atoms with E-state index in [1.807, 2.05) is 0 Å². The second-order valence-corrected chi connectivity index (χ2v) is 3.31. The van der Waals surface area contributed by atoms with Gasteiger partial charge in [0.25, 0.3) is 0 Å². The molecule has 0 aromatic heterocycles. The van der Waals surface area contributed by atoms with Crippen molar-refractivity contribution in [1.29, 1.82) is 0 Å². The highest BCUT2D eigenvalue weighted by molar-refractivity contribution is 5.34. The third kappa shape index (κ3) is 2.23. The molecule has 2 unspecified atom stereocenters. The molecule has 0 aromatic rings. The molecule has 0 amide bonds. The second kappa shape index (κ2) is 3.96. The highest BCUT2D eigenvalue weighted by Gasteiger charge is 2.40. The van der Waals surface area contributed by atoms with Crippen LogP contribution >= 0.6 is 0 Å². The van der Waals surface area contributed by atoms with Crippen molar-refractivity contribution in [2.45, 2.75) is 32.0 Å². The van der Waals surface area contributed by atoms with Gasteiger partial charge in [0, 0.05) is 11.5 Å². The van der Waals surface area contributed by atoms with E-state index in [0.717, 1.165) is 0 Å². The Kier molecular flexibility index (Phi) is 3.11. The summed E-state index contributed by atoms with van der Waals surface area (Å²) in [6.45, 7) is 1.43. The quantitative estimate of drug-likeness (QED) is 0.367. The fraction of sp³-hybridized carbons (Fsp3) is 0.667. The standard InChI is InChI=1S/C9H10F3NO/c1-6-7(9(10,11)12)3-2-4-8(6)13-5-14/h3,6,8H,2,4H2,1H3. The molecule has 78 valence electrons. The summed E-state index contributed by atoms with van der Waals surface area (Å²) in [5.74, 6) is -0.745. The van der Waals surface area contributed by atoms with E-state index in [0.29, 0.717) is 12.8 Å². The highest BCUT2D eigenvalue weighted by Crippen LogP contribution is 2.38. The normalized spacial score (nSPS) is 27.9. The lowest BCUT2D eigenvalue weighted by Crippen LogP contribution is -2.29. The Morgan fingerprint density at radius 1 is 1.57 bits per heavy atom. The van der Waals surface area contributed by atoms with Crippen LogP contribution in [0.3, 0.4) is 0 Å². The first-order valence-electron chi connectivity index (χ1n) is 4.31. The van der Waals surface area contributed by atoms with Crippen molar-refractivity contribution < 1.29 is 18.0 Å². The fourth-order valence-corrected chi connectivity index (χ4v) is 1.67. The second-order valence-electron chi connectivity index (χ2n) is 3.31. The molecule has 0 aliphatic heterocycles. The first-order chi connectivity index (χ1) is 6.46. The summed E-state index contributed by atoms with van der Waals surface area (Å²) in [4.78, 5) is 13.4. The Labute approximate surface area is 79.5 Å². The van der Waals surface area contributed by atoms with E-state index in [4.69, 9.17) is 0 Å². The zero-order valence-corrected chi connectivity index (χ0v) is 7.64. The number of hydrogen-bond donors (Lipinski definition) is 0. The van der Waals surface area contributed by atoms with E-state index in [-0.39, 0.29) is 0 Å². The summed E-state index contributed by atoms with van der Waals surface area (Å²) in [6, 6.07) is -0.575. The van der Waals surface area contributed by atoms with Crippen LogP contribution in [0.4, 0.5) is 13.2 Å². The van der Waals surface area contributed by atoms with Crippen molar-refractivity contribution in [3.05, 3.63) is 11.6 Å². The predicted octanol–water partition coefficient (Wildman–Crippen LogP) is 2.61. The van der Waals surface area contributed by atoms with Crippen molar-refractivity contribution >= 4 is 6.08 Å². The molecule has 1 aliphatic rings. The van der Waals surface area contributed by atoms with Gasteiger partial charge >= 0.3 is 6.18 Å². The average molecular weight is 205 g/mol. The van der Waals surface area contributed by atoms with Crippen LogP contribution in [0.25, 0.3) is 0 Å². The number of hydrogen-bond acceptors (Lipinski definition) is 2. The molecule has 0 heterocycles. The van der Waals surface area contributed by atoms with Crippen molar-refractivity contribution in [2.24, 2.45) is 10.9 Å². The van der Waals surface area contributed by atoms with E-state index >= 15 is 0 Å². The number of alkyl halides is 3. The average Bonchev–Trinajstić information content (AvgIpc) is 2.07. The third-order valence-electron chi connectivity index (χ3n) is 2.44. The van der Waals surface area contributed by atoms with Gasteiger partial charge in [0.2, 0.25) is 6.08 Å². The smallest absolute Gasteiger partial charge is 0.211 e. The van der Waals surface area contributed by atoms with Crippen molar-refractivity contribution in [2.75, 3.05) is 0 Å². The number of allylic oxidation sites excluding steroid dienone is 1. The molecule has 0 radical (unpaired) electrons. The van der Waals surface area contributed by atoms with Crippen molar-refractivity contribution in [3.63, 3.8) is 0 Å². The summed E-state index contributed by atoms with van der Waals surface area (Å²) in [5, 5.41) is 0. The molecule has 5 heteroatoms. The number of halogens is 3. The minimum Gasteiger partial charge on any atom is -0.211 e. The zero-order valence-electron chi connectivity index (χ0n) is 7.64. The number of rotatable bonds is 1. The monoisotopic (exact) mass is 205 g/mol. The van der Waals surface area contributed by atoms with Gasteiger partial charge in [0.15, 0.2) is 0 Å². The first kappa shape index (κ1) is 11.0. The maximum Gasteiger partial charge on any atom is 0.412 e. The Balaban J connectivity index is 2.89. The van der Waals surface area contributed by atoms with Gasteiger partial charge in [-0.05, 0) is 12.8 Å². The van der Waals surface area contributed by atoms with Gasteiger partial charge in [-0.2, -0.15) is 13.2 Å². The fourth-order valence-electron chi connectivity index (χ4n) is 1.67. The number of carbonyl (C=O) groups excluding carboxylic acids is 1. The summed E-state index contributed by atoms with van der Waals surface area (Å²) in [6.07, 6.45) is -1.01. The van der Waals surface area contributed by atoms with Gasteiger partial charge in [-0.3, -0.25) is 0 Å². The van der Waals surface area contributed by atoms with E-state index < -0.39 is 23.7 Å². The van der Waals surface area contributed by atoms with Gasteiger partial charge in [-0.15, -0.1) is 0 Å². The van der Waals surface area contributed by atoms with Crippen LogP contribution in [0.1, 0.15) is 19.8 Å². The van der Waals surface area contributed by atoms with Crippen LogP contribution in [0.15, 0.2) is 16.6 Å². The molecule has 2 nitrogen and oxygen atoms in total. The van der Waals surface area contributed by atoms with Crippen LogP contribution in [-0.4, -0.2) is 18.3 Å². The molecular formula is C9H10F3NO. The van der Waals surface area contributed by atoms with Gasteiger partial charge in [0.1, 0.15) is 0 Å². The molecule has 0 saturated heterocycles. The van der Waals surface area contributed by atoms with Gasteiger partial charge < -0.3 is 0 Å². The zero-order chi connectivity index (χ0) is 10.8. The molecule has 0 saturated carbocycles. The summed E-state index contributed by atoms with van der Waals surface area (Å²) < 4.78 is 37.2. The molecule has 0 N–H and O–H groups in total. The topological polar surface area (TPSA) is 29.4 Å². The highest BCUT2D eigenvalue weighted by atomic mass is 19.4. The Bertz CT molecular complexity index is 289. The van der Waals surface area contributed by atoms with Crippen LogP contribution in [-0.2, 0) is 4.79 Å². The molecule has 0 fully saturated rings. The Morgan fingerprint density at radius 3 is 2.71 bits per heavy atom. The van der Waals surface area contributed by atoms with Crippen LogP contribution in [0.5, 0.6) is 0 Å². The minimum atomic E-state index is -4.31. The molecule has 2 atom stereocenters. The van der Waals surface area contributed by atoms with Gasteiger partial charge in [-0.25, -0.2) is 9.79 Å². The van der Waals surface area contributed by atoms with Gasteiger partial charge in [0.05, 0.1) is 6.04 Å². The van der Waals surface area contributed by atoms with E-state index in [1.165, 1.54) is 19.1 Å². The van der Waals surface area contributed by atoms with Crippen LogP contribution < -0.4 is 0 Å². The van der Waals surface area contributed by atoms with Crippen molar-refractivity contribution in [1.82, 2.24) is 0 Å². The summed E-state index contributed by atoms with van der Waals surface area (Å²) in [7, 11) is 0. The molecule has 0 spiro atoms. The SMILES string of the molecule is CC1C(C(F)(F)F)=CCCC1N=C=O. The Morgan fingerprint density at radius 2 is 2.21 bits per heavy atom. The largest absolute Gasteiger partial charge is 0.412 e. The predicted molar refractivity (Wildman–Crippen MR) is 44.4 cm³/mol. The molecule has 1 rings (SSSR count). The molecule has 0 bridgehead atoms. The lowest BCUT2D eigenvalue weighted by atomic mass is 9.85. The molecule has 0 aromatic carbocycles. The number of isocyanates is 1. The molecule has 14 heavy (non-hydrogen) atoms. The minimum absolute atomic E-state index is 0.315. The number of aliphatic imine (C=N–C) groups is 1. The van der Waals surface area contributed by atoms with E-state index in [9.17, 15) is 18.0 Å². The first-order valence-corrected chi connectivity index (χ1v) is 4.31. The van der Waals surface area contributed by atoms with E-state index in [2.05, 4.69) is 4.99 Å². The number of nitrogens with zero attached hydrogens (tertiary/aromatic N) is 1. The van der Waals surface area contributed by atoms with Crippen LogP contribution in [0, 0.1) is 5.92 Å². The molecule has 1 aliphatic carbocycles. The van der Waals surface area contributed by atoms with Crippen LogP contribution in [0.2, 0.25) is 0 Å². The maximum absolute atomic E-state index is 12.4. The Hall–Kier alpha value is -1.09. The van der Waals surface area contributed by atoms with Crippen molar-refractivity contribution in [3.8, 4) is 0 Å². The summed E-state index contributed by atoms with van der Waals surface area (Å²) >= 11 is 0.